The Kier molecular flexibility index (Phi) is 2.43. The lowest BCUT2D eigenvalue weighted by molar-refractivity contribution is 0.0697. The molecule has 0 amide bonds. The molecule has 0 bridgehead atoms. The third-order valence-corrected chi connectivity index (χ3v) is 2.30. The van der Waals surface area contributed by atoms with Gasteiger partial charge in [-0.25, -0.2) is 4.79 Å². The predicted molar refractivity (Wildman–Crippen MR) is 56.0 cm³/mol. The number of hydrogen-bond donors (Lipinski definition) is 2. The SMILES string of the molecule is O=C(O)c1ccc2cn(CCO)cc2c1. The maximum Gasteiger partial charge on any atom is 0.335 e. The van der Waals surface area contributed by atoms with Gasteiger partial charge in [-0.2, -0.15) is 0 Å². The lowest BCUT2D eigenvalue weighted by Gasteiger charge is -1.94. The first-order chi connectivity index (χ1) is 7.20. The highest BCUT2D eigenvalue weighted by atomic mass is 16.4. The van der Waals surface area contributed by atoms with E-state index in [4.69, 9.17) is 10.2 Å². The Bertz CT molecular complexity index is 502. The molecule has 4 nitrogen and oxygen atoms in total. The zero-order valence-electron chi connectivity index (χ0n) is 8.05. The van der Waals surface area contributed by atoms with E-state index in [-0.39, 0.29) is 12.2 Å². The molecule has 0 saturated heterocycles. The van der Waals surface area contributed by atoms with Gasteiger partial charge in [-0.05, 0) is 17.5 Å². The number of aromatic carboxylic acids is 1. The molecule has 0 spiro atoms. The van der Waals surface area contributed by atoms with Crippen LogP contribution in [0.1, 0.15) is 10.4 Å². The average molecular weight is 205 g/mol. The minimum Gasteiger partial charge on any atom is -0.478 e. The maximum atomic E-state index is 10.7. The Labute approximate surface area is 86.4 Å². The molecule has 0 atom stereocenters. The van der Waals surface area contributed by atoms with Gasteiger partial charge in [-0.15, -0.1) is 0 Å². The Morgan fingerprint density at radius 1 is 1.27 bits per heavy atom. The molecule has 0 aliphatic heterocycles. The number of carbonyl (C=O) groups is 1. The van der Waals surface area contributed by atoms with E-state index in [1.165, 1.54) is 0 Å². The Morgan fingerprint density at radius 2 is 2.00 bits per heavy atom. The standard InChI is InChI=1S/C11H11NO3/c13-4-3-12-6-9-2-1-8(11(14)15)5-10(9)7-12/h1-2,5-7,13H,3-4H2,(H,14,15). The number of fused-ring (bicyclic) bond motifs is 1. The van der Waals surface area contributed by atoms with Crippen molar-refractivity contribution in [1.29, 1.82) is 0 Å². The van der Waals surface area contributed by atoms with Crippen LogP contribution < -0.4 is 0 Å². The first kappa shape index (κ1) is 9.73. The number of carboxylic acids is 1. The van der Waals surface area contributed by atoms with Crippen molar-refractivity contribution in [2.24, 2.45) is 0 Å². The van der Waals surface area contributed by atoms with Crippen molar-refractivity contribution in [2.75, 3.05) is 6.61 Å². The monoisotopic (exact) mass is 205 g/mol. The Morgan fingerprint density at radius 3 is 2.67 bits per heavy atom. The van der Waals surface area contributed by atoms with Crippen LogP contribution in [0.2, 0.25) is 0 Å². The number of aliphatic hydroxyl groups is 1. The highest BCUT2D eigenvalue weighted by Gasteiger charge is 2.04. The largest absolute Gasteiger partial charge is 0.478 e. The van der Waals surface area contributed by atoms with Gasteiger partial charge in [0.05, 0.1) is 12.2 Å². The maximum absolute atomic E-state index is 10.7. The van der Waals surface area contributed by atoms with E-state index in [0.717, 1.165) is 10.8 Å². The van der Waals surface area contributed by atoms with Crippen molar-refractivity contribution in [3.8, 4) is 0 Å². The third-order valence-electron chi connectivity index (χ3n) is 2.30. The molecule has 0 saturated carbocycles. The van der Waals surface area contributed by atoms with Crippen molar-refractivity contribution >= 4 is 16.7 Å². The fraction of sp³-hybridized carbons (Fsp3) is 0.182. The van der Waals surface area contributed by atoms with Gasteiger partial charge in [0.25, 0.3) is 0 Å². The first-order valence-corrected chi connectivity index (χ1v) is 4.64. The molecule has 0 fully saturated rings. The van der Waals surface area contributed by atoms with Crippen LogP contribution in [0, 0.1) is 0 Å². The topological polar surface area (TPSA) is 62.5 Å². The number of rotatable bonds is 3. The lowest BCUT2D eigenvalue weighted by atomic mass is 10.1. The molecule has 1 aromatic carbocycles. The number of hydrogen-bond acceptors (Lipinski definition) is 2. The minimum absolute atomic E-state index is 0.0762. The van der Waals surface area contributed by atoms with E-state index >= 15 is 0 Å². The van der Waals surface area contributed by atoms with E-state index < -0.39 is 5.97 Å². The first-order valence-electron chi connectivity index (χ1n) is 4.64. The van der Waals surface area contributed by atoms with Crippen molar-refractivity contribution in [3.05, 3.63) is 36.2 Å². The molecule has 4 heteroatoms. The van der Waals surface area contributed by atoms with Crippen LogP contribution in [0.4, 0.5) is 0 Å². The van der Waals surface area contributed by atoms with E-state index in [1.54, 1.807) is 18.2 Å². The predicted octanol–water partition coefficient (Wildman–Crippen LogP) is 1.33. The number of benzene rings is 1. The summed E-state index contributed by atoms with van der Waals surface area (Å²) in [6, 6.07) is 4.98. The molecular formula is C11H11NO3. The van der Waals surface area contributed by atoms with Crippen LogP contribution in [-0.4, -0.2) is 27.4 Å². The van der Waals surface area contributed by atoms with E-state index in [0.29, 0.717) is 6.54 Å². The van der Waals surface area contributed by atoms with Gasteiger partial charge in [0.2, 0.25) is 0 Å². The summed E-state index contributed by atoms with van der Waals surface area (Å²) in [5.41, 5.74) is 0.282. The quantitative estimate of drug-likeness (QED) is 0.794. The fourth-order valence-corrected chi connectivity index (χ4v) is 1.58. The number of nitrogens with zero attached hydrogens (tertiary/aromatic N) is 1. The highest BCUT2D eigenvalue weighted by molar-refractivity contribution is 5.94. The summed E-state index contributed by atoms with van der Waals surface area (Å²) < 4.78 is 1.84. The number of aromatic nitrogens is 1. The Hall–Kier alpha value is -1.81. The van der Waals surface area contributed by atoms with Gasteiger partial charge in [0, 0.05) is 24.3 Å². The van der Waals surface area contributed by atoms with E-state index in [1.807, 2.05) is 17.0 Å². The molecule has 78 valence electrons. The van der Waals surface area contributed by atoms with Crippen LogP contribution >= 0.6 is 0 Å². The van der Waals surface area contributed by atoms with Crippen molar-refractivity contribution in [3.63, 3.8) is 0 Å². The molecule has 1 aromatic heterocycles. The molecule has 2 N–H and O–H groups in total. The van der Waals surface area contributed by atoms with Crippen LogP contribution in [0.25, 0.3) is 10.8 Å². The Balaban J connectivity index is 2.47. The molecule has 0 unspecified atom stereocenters. The summed E-state index contributed by atoms with van der Waals surface area (Å²) in [5, 5.41) is 19.4. The second kappa shape index (κ2) is 3.74. The molecule has 0 aliphatic rings. The van der Waals surface area contributed by atoms with Crippen LogP contribution in [0.3, 0.4) is 0 Å². The fourth-order valence-electron chi connectivity index (χ4n) is 1.58. The molecule has 2 rings (SSSR count). The molecule has 0 radical (unpaired) electrons. The second-order valence-corrected chi connectivity index (χ2v) is 3.37. The molecule has 1 heterocycles. The van der Waals surface area contributed by atoms with Gasteiger partial charge < -0.3 is 14.8 Å². The summed E-state index contributed by atoms with van der Waals surface area (Å²) in [4.78, 5) is 10.7. The zero-order valence-corrected chi connectivity index (χ0v) is 8.05. The van der Waals surface area contributed by atoms with Gasteiger partial charge >= 0.3 is 5.97 Å². The summed E-state index contributed by atoms with van der Waals surface area (Å²) >= 11 is 0. The van der Waals surface area contributed by atoms with Gasteiger partial charge in [-0.3, -0.25) is 0 Å². The smallest absolute Gasteiger partial charge is 0.335 e. The van der Waals surface area contributed by atoms with Crippen molar-refractivity contribution in [1.82, 2.24) is 4.57 Å². The van der Waals surface area contributed by atoms with Gasteiger partial charge in [0.1, 0.15) is 0 Å². The average Bonchev–Trinajstić information content (AvgIpc) is 2.59. The van der Waals surface area contributed by atoms with Gasteiger partial charge in [-0.1, -0.05) is 6.07 Å². The van der Waals surface area contributed by atoms with E-state index in [2.05, 4.69) is 0 Å². The highest BCUT2D eigenvalue weighted by Crippen LogP contribution is 2.17. The lowest BCUT2D eigenvalue weighted by Crippen LogP contribution is -1.97. The molecule has 2 aromatic rings. The summed E-state index contributed by atoms with van der Waals surface area (Å²) in [6.07, 6.45) is 3.72. The second-order valence-electron chi connectivity index (χ2n) is 3.37. The van der Waals surface area contributed by atoms with Crippen LogP contribution in [0.5, 0.6) is 0 Å². The minimum atomic E-state index is -0.924. The third kappa shape index (κ3) is 1.85. The molecule has 15 heavy (non-hydrogen) atoms. The summed E-state index contributed by atoms with van der Waals surface area (Å²) in [6.45, 7) is 0.601. The molecule has 0 aliphatic carbocycles. The van der Waals surface area contributed by atoms with Crippen LogP contribution in [0.15, 0.2) is 30.6 Å². The summed E-state index contributed by atoms with van der Waals surface area (Å²) in [5.74, 6) is -0.924. The normalized spacial score (nSPS) is 10.7. The molecular weight excluding hydrogens is 194 g/mol. The van der Waals surface area contributed by atoms with Gasteiger partial charge in [0.15, 0.2) is 0 Å². The van der Waals surface area contributed by atoms with Crippen molar-refractivity contribution in [2.45, 2.75) is 6.54 Å². The summed E-state index contributed by atoms with van der Waals surface area (Å²) in [7, 11) is 0. The van der Waals surface area contributed by atoms with E-state index in [9.17, 15) is 4.79 Å². The van der Waals surface area contributed by atoms with Crippen LogP contribution in [-0.2, 0) is 6.54 Å². The van der Waals surface area contributed by atoms with Crippen molar-refractivity contribution < 1.29 is 15.0 Å². The zero-order chi connectivity index (χ0) is 10.8. The number of aliphatic hydroxyl groups excluding tert-OH is 1. The number of carboxylic acid groups (broad SMARTS) is 1.